The van der Waals surface area contributed by atoms with Crippen LogP contribution in [0.1, 0.15) is 31.7 Å². The number of carbonyl (C=O) groups excluding carboxylic acids is 1. The van der Waals surface area contributed by atoms with Gasteiger partial charge < -0.3 is 14.8 Å². The summed E-state index contributed by atoms with van der Waals surface area (Å²) in [5, 5.41) is 12.9. The largest absolute Gasteiger partial charge is 0.372 e. The maximum Gasteiger partial charge on any atom is 0.248 e. The van der Waals surface area contributed by atoms with Gasteiger partial charge in [-0.05, 0) is 55.2 Å². The molecule has 158 valence electrons. The first-order valence-electron chi connectivity index (χ1n) is 10.9. The number of anilines is 2. The molecule has 5 nitrogen and oxygen atoms in total. The van der Waals surface area contributed by atoms with Gasteiger partial charge >= 0.3 is 0 Å². The Morgan fingerprint density at radius 3 is 2.65 bits per heavy atom. The van der Waals surface area contributed by atoms with Gasteiger partial charge in [0, 0.05) is 59.7 Å². The Morgan fingerprint density at radius 1 is 1.16 bits per heavy atom. The lowest BCUT2D eigenvalue weighted by Gasteiger charge is -2.32. The van der Waals surface area contributed by atoms with Crippen molar-refractivity contribution in [3.05, 3.63) is 66.4 Å². The number of nitrogens with one attached hydrogen (secondary N) is 1. The van der Waals surface area contributed by atoms with Crippen LogP contribution in [0.4, 0.5) is 11.4 Å². The number of para-hydroxylation sites is 1. The van der Waals surface area contributed by atoms with E-state index in [0.717, 1.165) is 41.2 Å². The molecule has 1 aliphatic heterocycles. The molecule has 1 aliphatic rings. The number of piperidine rings is 1. The lowest BCUT2D eigenvalue weighted by atomic mass is 9.99. The fraction of sp³-hybridized carbons (Fsp3) is 0.308. The number of aromatic nitrogens is 1. The van der Waals surface area contributed by atoms with E-state index in [1.807, 2.05) is 48.7 Å². The molecule has 0 aliphatic carbocycles. The van der Waals surface area contributed by atoms with Crippen LogP contribution in [0.3, 0.4) is 0 Å². The predicted molar refractivity (Wildman–Crippen MR) is 127 cm³/mol. The van der Waals surface area contributed by atoms with E-state index in [2.05, 4.69) is 39.9 Å². The molecule has 1 fully saturated rings. The Kier molecular flexibility index (Phi) is 6.37. The molecule has 2 aromatic carbocycles. The third-order valence-electron chi connectivity index (χ3n) is 5.98. The SMILES string of the molecule is CC1CCN(c2ccc(NC(=O)/C=C/c3cn(CCC#N)c4ccccc34)cc2)CC1. The molecule has 5 heteroatoms. The van der Waals surface area contributed by atoms with Crippen molar-refractivity contribution < 1.29 is 4.79 Å². The molecule has 0 unspecified atom stereocenters. The standard InChI is InChI=1S/C26H28N4O/c1-20-13-17-29(18-14-20)23-10-8-22(9-11-23)28-26(31)12-7-21-19-30(16-4-15-27)25-6-3-2-5-24(21)25/h2-3,5-12,19-20H,4,13-14,16-18H2,1H3,(H,28,31)/b12-7+. The molecule has 1 aromatic heterocycles. The van der Waals surface area contributed by atoms with Crippen molar-refractivity contribution in [3.63, 3.8) is 0 Å². The smallest absolute Gasteiger partial charge is 0.248 e. The molecule has 4 rings (SSSR count). The highest BCUT2D eigenvalue weighted by atomic mass is 16.1. The molecule has 1 saturated heterocycles. The third-order valence-corrected chi connectivity index (χ3v) is 5.98. The minimum atomic E-state index is -0.159. The Hall–Kier alpha value is -3.52. The Balaban J connectivity index is 1.41. The van der Waals surface area contributed by atoms with Gasteiger partial charge in [-0.1, -0.05) is 25.1 Å². The fourth-order valence-electron chi connectivity index (χ4n) is 4.14. The van der Waals surface area contributed by atoms with Gasteiger partial charge in [-0.2, -0.15) is 5.26 Å². The third kappa shape index (κ3) is 4.97. The highest BCUT2D eigenvalue weighted by Gasteiger charge is 2.15. The number of benzene rings is 2. The highest BCUT2D eigenvalue weighted by Crippen LogP contribution is 2.25. The first kappa shape index (κ1) is 20.7. The lowest BCUT2D eigenvalue weighted by Crippen LogP contribution is -2.32. The second kappa shape index (κ2) is 9.53. The van der Waals surface area contributed by atoms with E-state index in [4.69, 9.17) is 5.26 Å². The van der Waals surface area contributed by atoms with Crippen LogP contribution in [0.2, 0.25) is 0 Å². The molecular weight excluding hydrogens is 384 g/mol. The van der Waals surface area contributed by atoms with Crippen LogP contribution in [0.5, 0.6) is 0 Å². The van der Waals surface area contributed by atoms with E-state index in [1.165, 1.54) is 18.5 Å². The van der Waals surface area contributed by atoms with Gasteiger partial charge in [0.15, 0.2) is 0 Å². The molecule has 0 atom stereocenters. The summed E-state index contributed by atoms with van der Waals surface area (Å²) in [6.07, 6.45) is 8.32. The van der Waals surface area contributed by atoms with Gasteiger partial charge in [-0.3, -0.25) is 4.79 Å². The van der Waals surface area contributed by atoms with E-state index in [-0.39, 0.29) is 5.91 Å². The fourth-order valence-corrected chi connectivity index (χ4v) is 4.14. The van der Waals surface area contributed by atoms with Gasteiger partial charge in [-0.25, -0.2) is 0 Å². The Labute approximate surface area is 183 Å². The number of hydrogen-bond acceptors (Lipinski definition) is 3. The Bertz CT molecular complexity index is 1110. The van der Waals surface area contributed by atoms with Crippen LogP contribution < -0.4 is 10.2 Å². The summed E-state index contributed by atoms with van der Waals surface area (Å²) in [6.45, 7) is 5.14. The van der Waals surface area contributed by atoms with Gasteiger partial charge in [0.05, 0.1) is 12.5 Å². The average Bonchev–Trinajstić information content (AvgIpc) is 3.15. The minimum Gasteiger partial charge on any atom is -0.372 e. The summed E-state index contributed by atoms with van der Waals surface area (Å²) in [4.78, 5) is 14.9. The molecule has 0 spiro atoms. The molecule has 0 bridgehead atoms. The summed E-state index contributed by atoms with van der Waals surface area (Å²) < 4.78 is 2.07. The van der Waals surface area contributed by atoms with Crippen molar-refractivity contribution in [1.82, 2.24) is 4.57 Å². The number of aryl methyl sites for hydroxylation is 1. The van der Waals surface area contributed by atoms with Crippen LogP contribution in [0.15, 0.2) is 60.8 Å². The minimum absolute atomic E-state index is 0.159. The first-order valence-corrected chi connectivity index (χ1v) is 10.9. The topological polar surface area (TPSA) is 61.1 Å². The highest BCUT2D eigenvalue weighted by molar-refractivity contribution is 6.03. The molecule has 0 saturated carbocycles. The quantitative estimate of drug-likeness (QED) is 0.548. The number of carbonyl (C=O) groups is 1. The summed E-state index contributed by atoms with van der Waals surface area (Å²) in [5.41, 5.74) is 4.05. The molecule has 1 amide bonds. The van der Waals surface area contributed by atoms with Crippen LogP contribution in [0, 0.1) is 17.2 Å². The number of nitrogens with zero attached hydrogens (tertiary/aromatic N) is 3. The monoisotopic (exact) mass is 412 g/mol. The second-order valence-corrected chi connectivity index (χ2v) is 8.24. The maximum absolute atomic E-state index is 12.5. The van der Waals surface area contributed by atoms with Crippen molar-refractivity contribution in [1.29, 1.82) is 5.26 Å². The first-order chi connectivity index (χ1) is 15.1. The number of rotatable bonds is 6. The summed E-state index contributed by atoms with van der Waals surface area (Å²) in [6, 6.07) is 18.3. The van der Waals surface area contributed by atoms with Gasteiger partial charge in [-0.15, -0.1) is 0 Å². The number of fused-ring (bicyclic) bond motifs is 1. The van der Waals surface area contributed by atoms with Crippen molar-refractivity contribution in [2.75, 3.05) is 23.3 Å². The lowest BCUT2D eigenvalue weighted by molar-refractivity contribution is -0.111. The molecule has 1 N–H and O–H groups in total. The van der Waals surface area contributed by atoms with Crippen LogP contribution in [-0.4, -0.2) is 23.6 Å². The number of hydrogen-bond donors (Lipinski definition) is 1. The van der Waals surface area contributed by atoms with Gasteiger partial charge in [0.2, 0.25) is 5.91 Å². The van der Waals surface area contributed by atoms with Crippen LogP contribution in [0.25, 0.3) is 17.0 Å². The maximum atomic E-state index is 12.5. The number of amides is 1. The van der Waals surface area contributed by atoms with E-state index < -0.39 is 0 Å². The Morgan fingerprint density at radius 2 is 1.90 bits per heavy atom. The summed E-state index contributed by atoms with van der Waals surface area (Å²) >= 11 is 0. The molecule has 0 radical (unpaired) electrons. The average molecular weight is 413 g/mol. The number of nitriles is 1. The zero-order valence-corrected chi connectivity index (χ0v) is 17.9. The van der Waals surface area contributed by atoms with E-state index in [0.29, 0.717) is 13.0 Å². The zero-order chi connectivity index (χ0) is 21.6. The van der Waals surface area contributed by atoms with E-state index in [9.17, 15) is 4.79 Å². The van der Waals surface area contributed by atoms with Crippen LogP contribution in [-0.2, 0) is 11.3 Å². The molecule has 3 aromatic rings. The van der Waals surface area contributed by atoms with Crippen molar-refractivity contribution in [2.24, 2.45) is 5.92 Å². The molecule has 2 heterocycles. The van der Waals surface area contributed by atoms with Crippen molar-refractivity contribution in [2.45, 2.75) is 32.7 Å². The summed E-state index contributed by atoms with van der Waals surface area (Å²) in [7, 11) is 0. The molecular formula is C26H28N4O. The summed E-state index contributed by atoms with van der Waals surface area (Å²) in [5.74, 6) is 0.648. The normalized spacial score (nSPS) is 14.8. The molecule has 31 heavy (non-hydrogen) atoms. The van der Waals surface area contributed by atoms with Crippen molar-refractivity contribution >= 4 is 34.3 Å². The van der Waals surface area contributed by atoms with Crippen molar-refractivity contribution in [3.8, 4) is 6.07 Å². The second-order valence-electron chi connectivity index (χ2n) is 8.24. The van der Waals surface area contributed by atoms with Crippen LogP contribution >= 0.6 is 0 Å². The zero-order valence-electron chi connectivity index (χ0n) is 17.9. The van der Waals surface area contributed by atoms with Gasteiger partial charge in [0.25, 0.3) is 0 Å². The predicted octanol–water partition coefficient (Wildman–Crippen LogP) is 5.44. The van der Waals surface area contributed by atoms with E-state index in [1.54, 1.807) is 6.08 Å². The van der Waals surface area contributed by atoms with E-state index >= 15 is 0 Å². The van der Waals surface area contributed by atoms with Gasteiger partial charge in [0.1, 0.15) is 0 Å².